The summed E-state index contributed by atoms with van der Waals surface area (Å²) in [7, 11) is 0. The van der Waals surface area contributed by atoms with Crippen LogP contribution in [0.1, 0.15) is 47.8 Å². The molecule has 1 aliphatic carbocycles. The third kappa shape index (κ3) is 3.24. The number of nitrogens with zero attached hydrogens (tertiary/aromatic N) is 1. The molecule has 1 aliphatic rings. The molecule has 0 unspecified atom stereocenters. The van der Waals surface area contributed by atoms with Gasteiger partial charge in [0.05, 0.1) is 10.7 Å². The summed E-state index contributed by atoms with van der Waals surface area (Å²) in [6, 6.07) is 0. The molecule has 0 bridgehead atoms. The van der Waals surface area contributed by atoms with Crippen LogP contribution in [0.25, 0.3) is 0 Å². The minimum Gasteiger partial charge on any atom is -0.397 e. The summed E-state index contributed by atoms with van der Waals surface area (Å²) in [4.78, 5) is 14.3. The second kappa shape index (κ2) is 6.45. The zero-order valence-corrected chi connectivity index (χ0v) is 13.1. The SMILES string of the molecule is CCN(CC)CCNc1sc(C(N)=O)c(N)c1C1CC1. The Morgan fingerprint density at radius 1 is 1.40 bits per heavy atom. The van der Waals surface area contributed by atoms with Gasteiger partial charge < -0.3 is 21.7 Å². The van der Waals surface area contributed by atoms with Crippen LogP contribution in [0.5, 0.6) is 0 Å². The van der Waals surface area contributed by atoms with Gasteiger partial charge in [-0.05, 0) is 31.8 Å². The average Bonchev–Trinajstić information content (AvgIpc) is 3.19. The summed E-state index contributed by atoms with van der Waals surface area (Å²) in [5.41, 5.74) is 13.2. The first-order chi connectivity index (χ1) is 9.58. The fourth-order valence-electron chi connectivity index (χ4n) is 2.42. The smallest absolute Gasteiger partial charge is 0.260 e. The van der Waals surface area contributed by atoms with Crippen molar-refractivity contribution in [3.63, 3.8) is 0 Å². The molecule has 0 radical (unpaired) electrons. The molecule has 112 valence electrons. The Balaban J connectivity index is 2.07. The fourth-order valence-corrected chi connectivity index (χ4v) is 3.50. The van der Waals surface area contributed by atoms with E-state index < -0.39 is 5.91 Å². The molecule has 1 aromatic heterocycles. The highest BCUT2D eigenvalue weighted by atomic mass is 32.1. The largest absolute Gasteiger partial charge is 0.397 e. The number of hydrogen-bond acceptors (Lipinski definition) is 5. The van der Waals surface area contributed by atoms with Crippen LogP contribution in [-0.2, 0) is 0 Å². The van der Waals surface area contributed by atoms with Crippen molar-refractivity contribution in [2.45, 2.75) is 32.6 Å². The summed E-state index contributed by atoms with van der Waals surface area (Å²) < 4.78 is 0. The number of hydrogen-bond donors (Lipinski definition) is 3. The van der Waals surface area contributed by atoms with Gasteiger partial charge in [0.1, 0.15) is 4.88 Å². The number of primary amides is 1. The topological polar surface area (TPSA) is 84.4 Å². The summed E-state index contributed by atoms with van der Waals surface area (Å²) in [5.74, 6) is 0.0847. The van der Waals surface area contributed by atoms with E-state index in [1.807, 2.05) is 0 Å². The Morgan fingerprint density at radius 2 is 2.05 bits per heavy atom. The van der Waals surface area contributed by atoms with E-state index in [9.17, 15) is 4.79 Å². The van der Waals surface area contributed by atoms with Gasteiger partial charge in [0.25, 0.3) is 5.91 Å². The molecule has 0 atom stereocenters. The lowest BCUT2D eigenvalue weighted by Gasteiger charge is -2.18. The monoisotopic (exact) mass is 296 g/mol. The van der Waals surface area contributed by atoms with E-state index in [2.05, 4.69) is 24.1 Å². The minimum atomic E-state index is -0.425. The maximum absolute atomic E-state index is 11.4. The van der Waals surface area contributed by atoms with Gasteiger partial charge in [0.15, 0.2) is 0 Å². The van der Waals surface area contributed by atoms with E-state index in [4.69, 9.17) is 11.5 Å². The molecule has 0 saturated heterocycles. The highest BCUT2D eigenvalue weighted by Gasteiger charge is 2.32. The number of nitrogen functional groups attached to an aromatic ring is 1. The normalized spacial score (nSPS) is 14.8. The maximum Gasteiger partial charge on any atom is 0.260 e. The lowest BCUT2D eigenvalue weighted by molar-refractivity contribution is 0.100. The number of likely N-dealkylation sites (N-methyl/N-ethyl adjacent to an activating group) is 1. The highest BCUT2D eigenvalue weighted by molar-refractivity contribution is 7.18. The van der Waals surface area contributed by atoms with Gasteiger partial charge in [0, 0.05) is 18.7 Å². The van der Waals surface area contributed by atoms with Crippen LogP contribution in [0.15, 0.2) is 0 Å². The number of nitrogens with one attached hydrogen (secondary N) is 1. The third-order valence-corrected chi connectivity index (χ3v) is 4.99. The minimum absolute atomic E-state index is 0.425. The van der Waals surface area contributed by atoms with Crippen molar-refractivity contribution in [3.05, 3.63) is 10.4 Å². The molecule has 2 rings (SSSR count). The first kappa shape index (κ1) is 15.1. The van der Waals surface area contributed by atoms with Gasteiger partial charge in [-0.25, -0.2) is 0 Å². The first-order valence-electron chi connectivity index (χ1n) is 7.26. The van der Waals surface area contributed by atoms with Gasteiger partial charge in [-0.3, -0.25) is 4.79 Å². The average molecular weight is 296 g/mol. The number of anilines is 2. The molecular formula is C14H24N4OS. The van der Waals surface area contributed by atoms with E-state index in [-0.39, 0.29) is 0 Å². The standard InChI is InChI=1S/C14H24N4OS/c1-3-18(4-2)8-7-17-14-10(9-5-6-9)11(15)12(20-14)13(16)19/h9,17H,3-8,15H2,1-2H3,(H2,16,19). The predicted octanol–water partition coefficient (Wildman–Crippen LogP) is 2.06. The van der Waals surface area contributed by atoms with Crippen molar-refractivity contribution in [2.75, 3.05) is 37.2 Å². The van der Waals surface area contributed by atoms with Crippen LogP contribution >= 0.6 is 11.3 Å². The van der Waals surface area contributed by atoms with Crippen LogP contribution in [0, 0.1) is 0 Å². The molecule has 6 heteroatoms. The van der Waals surface area contributed by atoms with Gasteiger partial charge in [-0.15, -0.1) is 11.3 Å². The van der Waals surface area contributed by atoms with Gasteiger partial charge in [0.2, 0.25) is 0 Å². The Kier molecular flexibility index (Phi) is 4.88. The van der Waals surface area contributed by atoms with E-state index in [1.54, 1.807) is 0 Å². The number of nitrogens with two attached hydrogens (primary N) is 2. The van der Waals surface area contributed by atoms with Crippen molar-refractivity contribution in [3.8, 4) is 0 Å². The summed E-state index contributed by atoms with van der Waals surface area (Å²) in [5, 5.41) is 4.47. The zero-order valence-electron chi connectivity index (χ0n) is 12.2. The number of carbonyl (C=O) groups excluding carboxylic acids is 1. The van der Waals surface area contributed by atoms with E-state index in [0.29, 0.717) is 16.5 Å². The van der Waals surface area contributed by atoms with E-state index in [1.165, 1.54) is 11.3 Å². The number of thiophene rings is 1. The Hall–Kier alpha value is -1.27. The third-order valence-electron chi connectivity index (χ3n) is 3.80. The Labute approximate surface area is 124 Å². The molecule has 0 spiro atoms. The fraction of sp³-hybridized carbons (Fsp3) is 0.643. The van der Waals surface area contributed by atoms with Crippen molar-refractivity contribution in [2.24, 2.45) is 5.73 Å². The van der Waals surface area contributed by atoms with Crippen molar-refractivity contribution < 1.29 is 4.79 Å². The van der Waals surface area contributed by atoms with Crippen LogP contribution in [-0.4, -0.2) is 37.0 Å². The van der Waals surface area contributed by atoms with E-state index >= 15 is 0 Å². The molecule has 20 heavy (non-hydrogen) atoms. The zero-order chi connectivity index (χ0) is 14.7. The molecule has 1 fully saturated rings. The first-order valence-corrected chi connectivity index (χ1v) is 8.08. The molecular weight excluding hydrogens is 272 g/mol. The molecule has 1 aromatic rings. The van der Waals surface area contributed by atoms with Crippen LogP contribution < -0.4 is 16.8 Å². The van der Waals surface area contributed by atoms with Gasteiger partial charge in [-0.1, -0.05) is 13.8 Å². The highest BCUT2D eigenvalue weighted by Crippen LogP contribution is 2.50. The van der Waals surface area contributed by atoms with E-state index in [0.717, 1.165) is 49.6 Å². The molecule has 0 aliphatic heterocycles. The van der Waals surface area contributed by atoms with Gasteiger partial charge >= 0.3 is 0 Å². The molecule has 5 N–H and O–H groups in total. The number of rotatable bonds is 8. The van der Waals surface area contributed by atoms with Crippen molar-refractivity contribution in [1.82, 2.24) is 4.90 Å². The predicted molar refractivity (Wildman–Crippen MR) is 85.5 cm³/mol. The Bertz CT molecular complexity index is 478. The second-order valence-electron chi connectivity index (χ2n) is 5.18. The summed E-state index contributed by atoms with van der Waals surface area (Å²) >= 11 is 1.40. The number of carbonyl (C=O) groups is 1. The van der Waals surface area contributed by atoms with Gasteiger partial charge in [-0.2, -0.15) is 0 Å². The van der Waals surface area contributed by atoms with Crippen LogP contribution in [0.2, 0.25) is 0 Å². The molecule has 0 aromatic carbocycles. The molecule has 1 heterocycles. The van der Waals surface area contributed by atoms with Crippen molar-refractivity contribution in [1.29, 1.82) is 0 Å². The lowest BCUT2D eigenvalue weighted by Crippen LogP contribution is -2.28. The molecule has 1 saturated carbocycles. The molecule has 5 nitrogen and oxygen atoms in total. The second-order valence-corrected chi connectivity index (χ2v) is 6.20. The van der Waals surface area contributed by atoms with Crippen LogP contribution in [0.3, 0.4) is 0 Å². The van der Waals surface area contributed by atoms with Crippen molar-refractivity contribution >= 4 is 27.9 Å². The summed E-state index contributed by atoms with van der Waals surface area (Å²) in [6.07, 6.45) is 2.31. The molecule has 1 amide bonds. The van der Waals surface area contributed by atoms with Crippen LogP contribution in [0.4, 0.5) is 10.7 Å². The maximum atomic E-state index is 11.4. The Morgan fingerprint density at radius 3 is 2.55 bits per heavy atom. The quantitative estimate of drug-likeness (QED) is 0.685. The lowest BCUT2D eigenvalue weighted by atomic mass is 10.1. The summed E-state index contributed by atoms with van der Waals surface area (Å²) in [6.45, 7) is 8.26. The number of amides is 1.